The van der Waals surface area contributed by atoms with Crippen LogP contribution in [0.2, 0.25) is 0 Å². The highest BCUT2D eigenvalue weighted by Crippen LogP contribution is 2.19. The molecule has 0 spiro atoms. The minimum atomic E-state index is -0.303. The molecule has 4 bridgehead atoms. The van der Waals surface area contributed by atoms with Crippen LogP contribution >= 0.6 is 0 Å². The Labute approximate surface area is 122 Å². The SMILES string of the molecule is O=C1OCCCCCOC(=O)c2ccc3cc1ccc3c2. The molecule has 0 N–H and O–H groups in total. The first-order valence-electron chi connectivity index (χ1n) is 7.12. The summed E-state index contributed by atoms with van der Waals surface area (Å²) in [5, 5.41) is 1.80. The molecular formula is C17H16O4. The van der Waals surface area contributed by atoms with Crippen molar-refractivity contribution in [1.29, 1.82) is 0 Å². The van der Waals surface area contributed by atoms with Crippen molar-refractivity contribution in [2.75, 3.05) is 13.2 Å². The number of ether oxygens (including phenoxy) is 2. The Morgan fingerprint density at radius 2 is 1.14 bits per heavy atom. The first-order valence-corrected chi connectivity index (χ1v) is 7.12. The van der Waals surface area contributed by atoms with Gasteiger partial charge in [0, 0.05) is 0 Å². The fraction of sp³-hybridized carbons (Fsp3) is 0.294. The van der Waals surface area contributed by atoms with Crippen LogP contribution in [0.1, 0.15) is 40.0 Å². The largest absolute Gasteiger partial charge is 0.462 e. The fourth-order valence-electron chi connectivity index (χ4n) is 2.38. The minimum absolute atomic E-state index is 0.303. The van der Waals surface area contributed by atoms with Crippen LogP contribution in [0, 0.1) is 0 Å². The van der Waals surface area contributed by atoms with Crippen molar-refractivity contribution in [3.8, 4) is 0 Å². The standard InChI is InChI=1S/C17H16O4/c18-16-14-6-4-13-11-15(7-5-12(13)10-14)17(19)21-9-3-1-2-8-20-16/h4-7,10-11H,1-3,8-9H2. The van der Waals surface area contributed by atoms with Crippen molar-refractivity contribution >= 4 is 22.7 Å². The number of carbonyl (C=O) groups is 2. The van der Waals surface area contributed by atoms with Crippen LogP contribution < -0.4 is 0 Å². The molecule has 0 aromatic heterocycles. The predicted molar refractivity (Wildman–Crippen MR) is 78.4 cm³/mol. The highest BCUT2D eigenvalue weighted by atomic mass is 16.5. The molecule has 2 heterocycles. The predicted octanol–water partition coefficient (Wildman–Crippen LogP) is 3.34. The molecule has 0 saturated heterocycles. The van der Waals surface area contributed by atoms with E-state index in [9.17, 15) is 9.59 Å². The van der Waals surface area contributed by atoms with Gasteiger partial charge in [0.15, 0.2) is 0 Å². The zero-order valence-electron chi connectivity index (χ0n) is 11.6. The minimum Gasteiger partial charge on any atom is -0.462 e. The van der Waals surface area contributed by atoms with Crippen molar-refractivity contribution in [3.05, 3.63) is 47.5 Å². The Balaban J connectivity index is 2.00. The van der Waals surface area contributed by atoms with Gasteiger partial charge in [0.2, 0.25) is 0 Å². The van der Waals surface area contributed by atoms with Crippen LogP contribution in [0.25, 0.3) is 10.8 Å². The number of fused-ring (bicyclic) bond motifs is 10. The second kappa shape index (κ2) is 5.95. The van der Waals surface area contributed by atoms with E-state index < -0.39 is 0 Å². The zero-order valence-corrected chi connectivity index (χ0v) is 11.6. The third kappa shape index (κ3) is 3.05. The number of hydrogen-bond donors (Lipinski definition) is 0. The molecule has 0 aliphatic carbocycles. The number of hydrogen-bond acceptors (Lipinski definition) is 4. The monoisotopic (exact) mass is 284 g/mol. The lowest BCUT2D eigenvalue weighted by Gasteiger charge is -2.06. The summed E-state index contributed by atoms with van der Waals surface area (Å²) in [5.74, 6) is -0.605. The summed E-state index contributed by atoms with van der Waals surface area (Å²) in [6.45, 7) is 0.784. The van der Waals surface area contributed by atoms with E-state index in [0.717, 1.165) is 30.0 Å². The quantitative estimate of drug-likeness (QED) is 0.696. The van der Waals surface area contributed by atoms with Gasteiger partial charge in [0.1, 0.15) is 0 Å². The number of carbonyl (C=O) groups excluding carboxylic acids is 2. The van der Waals surface area contributed by atoms with Crippen molar-refractivity contribution in [2.24, 2.45) is 0 Å². The average molecular weight is 284 g/mol. The van der Waals surface area contributed by atoms with Crippen molar-refractivity contribution < 1.29 is 19.1 Å². The van der Waals surface area contributed by atoms with Gasteiger partial charge >= 0.3 is 11.9 Å². The van der Waals surface area contributed by atoms with Crippen LogP contribution in [0.4, 0.5) is 0 Å². The molecule has 2 aromatic carbocycles. The molecule has 0 saturated carbocycles. The molecule has 2 aliphatic rings. The number of benzene rings is 2. The van der Waals surface area contributed by atoms with Gasteiger partial charge < -0.3 is 9.47 Å². The lowest BCUT2D eigenvalue weighted by Crippen LogP contribution is -2.07. The molecule has 0 fully saturated rings. The molecule has 0 unspecified atom stereocenters. The summed E-state index contributed by atoms with van der Waals surface area (Å²) in [6, 6.07) is 10.7. The molecule has 0 atom stereocenters. The van der Waals surface area contributed by atoms with E-state index in [-0.39, 0.29) is 11.9 Å². The number of esters is 2. The van der Waals surface area contributed by atoms with Gasteiger partial charge in [0.25, 0.3) is 0 Å². The van der Waals surface area contributed by atoms with E-state index in [1.807, 2.05) is 12.1 Å². The Morgan fingerprint density at radius 3 is 1.62 bits per heavy atom. The van der Waals surface area contributed by atoms with Gasteiger partial charge in [-0.15, -0.1) is 0 Å². The molecule has 4 nitrogen and oxygen atoms in total. The molecule has 2 aromatic rings. The smallest absolute Gasteiger partial charge is 0.338 e. The molecule has 4 rings (SSSR count). The first kappa shape index (κ1) is 13.6. The van der Waals surface area contributed by atoms with Crippen LogP contribution in [0.15, 0.2) is 36.4 Å². The van der Waals surface area contributed by atoms with Gasteiger partial charge in [-0.1, -0.05) is 12.1 Å². The summed E-state index contributed by atoms with van der Waals surface area (Å²) in [5.41, 5.74) is 1.07. The van der Waals surface area contributed by atoms with E-state index >= 15 is 0 Å². The molecule has 0 amide bonds. The third-order valence-electron chi connectivity index (χ3n) is 3.57. The van der Waals surface area contributed by atoms with Crippen molar-refractivity contribution in [1.82, 2.24) is 0 Å². The van der Waals surface area contributed by atoms with E-state index in [4.69, 9.17) is 9.47 Å². The second-order valence-corrected chi connectivity index (χ2v) is 5.11. The molecular weight excluding hydrogens is 268 g/mol. The van der Waals surface area contributed by atoms with Crippen LogP contribution in [-0.4, -0.2) is 25.2 Å². The first-order chi connectivity index (χ1) is 10.2. The summed E-state index contributed by atoms with van der Waals surface area (Å²) < 4.78 is 10.5. The summed E-state index contributed by atoms with van der Waals surface area (Å²) >= 11 is 0. The maximum absolute atomic E-state index is 12.0. The molecule has 2 aliphatic heterocycles. The molecule has 108 valence electrons. The zero-order chi connectivity index (χ0) is 14.7. The van der Waals surface area contributed by atoms with Crippen LogP contribution in [0.3, 0.4) is 0 Å². The van der Waals surface area contributed by atoms with Crippen LogP contribution in [-0.2, 0) is 9.47 Å². The van der Waals surface area contributed by atoms with Crippen molar-refractivity contribution in [2.45, 2.75) is 19.3 Å². The van der Waals surface area contributed by atoms with Gasteiger partial charge in [-0.2, -0.15) is 0 Å². The van der Waals surface area contributed by atoms with Crippen LogP contribution in [0.5, 0.6) is 0 Å². The highest BCUT2D eigenvalue weighted by Gasteiger charge is 2.11. The lowest BCUT2D eigenvalue weighted by atomic mass is 10.0. The number of rotatable bonds is 0. The molecule has 0 radical (unpaired) electrons. The average Bonchev–Trinajstić information content (AvgIpc) is 2.52. The normalized spacial score (nSPS) is 16.6. The molecule has 21 heavy (non-hydrogen) atoms. The van der Waals surface area contributed by atoms with Gasteiger partial charge in [-0.05, 0) is 54.3 Å². The Bertz CT molecular complexity index is 631. The van der Waals surface area contributed by atoms with Gasteiger partial charge in [0.05, 0.1) is 24.3 Å². The maximum Gasteiger partial charge on any atom is 0.338 e. The highest BCUT2D eigenvalue weighted by molar-refractivity contribution is 5.99. The van der Waals surface area contributed by atoms with Gasteiger partial charge in [-0.25, -0.2) is 9.59 Å². The lowest BCUT2D eigenvalue weighted by molar-refractivity contribution is 0.0478. The topological polar surface area (TPSA) is 52.6 Å². The Kier molecular flexibility index (Phi) is 3.86. The Morgan fingerprint density at radius 1 is 0.667 bits per heavy atom. The van der Waals surface area contributed by atoms with Crippen molar-refractivity contribution in [3.63, 3.8) is 0 Å². The van der Waals surface area contributed by atoms with Gasteiger partial charge in [-0.3, -0.25) is 0 Å². The van der Waals surface area contributed by atoms with E-state index in [2.05, 4.69) is 0 Å². The van der Waals surface area contributed by atoms with E-state index in [0.29, 0.717) is 24.3 Å². The van der Waals surface area contributed by atoms with E-state index in [1.54, 1.807) is 24.3 Å². The second-order valence-electron chi connectivity index (χ2n) is 5.11. The fourth-order valence-corrected chi connectivity index (χ4v) is 2.38. The summed E-state index contributed by atoms with van der Waals surface area (Å²) in [7, 11) is 0. The Hall–Kier alpha value is -2.36. The maximum atomic E-state index is 12.0. The third-order valence-corrected chi connectivity index (χ3v) is 3.57. The van der Waals surface area contributed by atoms with E-state index in [1.165, 1.54) is 0 Å². The summed E-state index contributed by atoms with van der Waals surface area (Å²) in [6.07, 6.45) is 2.41. The summed E-state index contributed by atoms with van der Waals surface area (Å²) in [4.78, 5) is 23.9. The molecule has 4 heteroatoms.